The highest BCUT2D eigenvalue weighted by molar-refractivity contribution is 6.04. The molecule has 4 rings (SSSR count). The van der Waals surface area contributed by atoms with Crippen LogP contribution in [0.3, 0.4) is 0 Å². The van der Waals surface area contributed by atoms with E-state index in [2.05, 4.69) is 10.3 Å². The number of rotatable bonds is 6. The number of ether oxygens (including phenoxy) is 1. The molecule has 1 fully saturated rings. The Morgan fingerprint density at radius 2 is 2.00 bits per heavy atom. The summed E-state index contributed by atoms with van der Waals surface area (Å²) in [6, 6.07) is 15.5. The number of halogens is 1. The zero-order chi connectivity index (χ0) is 22.5. The number of morpholine rings is 1. The van der Waals surface area contributed by atoms with E-state index in [1.807, 2.05) is 6.07 Å². The van der Waals surface area contributed by atoms with Gasteiger partial charge in [-0.1, -0.05) is 24.3 Å². The molecule has 1 aliphatic rings. The van der Waals surface area contributed by atoms with E-state index in [0.717, 1.165) is 11.1 Å². The normalized spacial score (nSPS) is 18.4. The molecule has 1 aromatic heterocycles. The summed E-state index contributed by atoms with van der Waals surface area (Å²) >= 11 is 0. The molecule has 164 valence electrons. The number of benzene rings is 2. The lowest BCUT2D eigenvalue weighted by Gasteiger charge is -2.40. The highest BCUT2D eigenvalue weighted by Gasteiger charge is 2.37. The first-order valence-corrected chi connectivity index (χ1v) is 10.1. The lowest BCUT2D eigenvalue weighted by atomic mass is 9.98. The topological polar surface area (TPSA) is 91.8 Å². The first kappa shape index (κ1) is 21.6. The highest BCUT2D eigenvalue weighted by Crippen LogP contribution is 2.31. The second-order valence-electron chi connectivity index (χ2n) is 7.45. The second-order valence-corrected chi connectivity index (χ2v) is 7.45. The van der Waals surface area contributed by atoms with E-state index in [1.165, 1.54) is 24.3 Å². The molecule has 0 saturated carbocycles. The average molecular weight is 435 g/mol. The van der Waals surface area contributed by atoms with Gasteiger partial charge in [-0.15, -0.1) is 0 Å². The van der Waals surface area contributed by atoms with Crippen LogP contribution in [0, 0.1) is 5.82 Å². The summed E-state index contributed by atoms with van der Waals surface area (Å²) in [6.07, 6.45) is 2.82. The van der Waals surface area contributed by atoms with Gasteiger partial charge in [0.2, 0.25) is 5.91 Å². The molecule has 7 nitrogen and oxygen atoms in total. The molecule has 8 heteroatoms. The highest BCUT2D eigenvalue weighted by atomic mass is 19.1. The fourth-order valence-corrected chi connectivity index (χ4v) is 3.70. The number of hydrogen-bond donors (Lipinski definition) is 2. The largest absolute Gasteiger partial charge is 0.394 e. The molecule has 0 radical (unpaired) electrons. The van der Waals surface area contributed by atoms with Crippen LogP contribution >= 0.6 is 0 Å². The average Bonchev–Trinajstić information content (AvgIpc) is 2.81. The van der Waals surface area contributed by atoms with Crippen molar-refractivity contribution in [2.24, 2.45) is 0 Å². The lowest BCUT2D eigenvalue weighted by molar-refractivity contribution is -0.162. The number of pyridine rings is 1. The second kappa shape index (κ2) is 9.67. The van der Waals surface area contributed by atoms with Gasteiger partial charge in [-0.05, 0) is 47.5 Å². The molecular formula is C24H22FN3O4. The first-order valence-electron chi connectivity index (χ1n) is 10.1. The van der Waals surface area contributed by atoms with Crippen molar-refractivity contribution >= 4 is 17.5 Å². The van der Waals surface area contributed by atoms with Gasteiger partial charge in [-0.2, -0.15) is 0 Å². The Labute approximate surface area is 184 Å². The fraction of sp³-hybridized carbons (Fsp3) is 0.208. The summed E-state index contributed by atoms with van der Waals surface area (Å²) in [7, 11) is 0. The predicted molar refractivity (Wildman–Crippen MR) is 115 cm³/mol. The Kier molecular flexibility index (Phi) is 6.53. The molecule has 3 aromatic rings. The van der Waals surface area contributed by atoms with Gasteiger partial charge in [-0.25, -0.2) is 4.39 Å². The van der Waals surface area contributed by atoms with Crippen molar-refractivity contribution in [2.45, 2.75) is 18.7 Å². The van der Waals surface area contributed by atoms with Crippen LogP contribution in [0.25, 0.3) is 0 Å². The van der Waals surface area contributed by atoms with E-state index in [9.17, 15) is 19.1 Å². The third kappa shape index (κ3) is 4.82. The number of anilines is 1. The molecule has 0 unspecified atom stereocenters. The third-order valence-corrected chi connectivity index (χ3v) is 5.30. The van der Waals surface area contributed by atoms with Crippen LogP contribution in [0.4, 0.5) is 10.1 Å². The van der Waals surface area contributed by atoms with Crippen LogP contribution in [-0.2, 0) is 16.1 Å². The van der Waals surface area contributed by atoms with Gasteiger partial charge in [0, 0.05) is 30.2 Å². The van der Waals surface area contributed by atoms with Crippen molar-refractivity contribution in [3.8, 4) is 0 Å². The van der Waals surface area contributed by atoms with E-state index < -0.39 is 23.9 Å². The summed E-state index contributed by atoms with van der Waals surface area (Å²) in [6.45, 7) is -0.0479. The van der Waals surface area contributed by atoms with Crippen molar-refractivity contribution in [3.63, 3.8) is 0 Å². The number of nitrogens with zero attached hydrogens (tertiary/aromatic N) is 2. The minimum atomic E-state index is -0.566. The van der Waals surface area contributed by atoms with E-state index in [1.54, 1.807) is 47.6 Å². The zero-order valence-corrected chi connectivity index (χ0v) is 17.1. The molecule has 2 atom stereocenters. The van der Waals surface area contributed by atoms with Crippen LogP contribution in [-0.4, -0.2) is 46.1 Å². The van der Waals surface area contributed by atoms with Crippen LogP contribution in [0.15, 0.2) is 73.1 Å². The number of aliphatic hydroxyl groups excluding tert-OH is 1. The molecule has 2 N–H and O–H groups in total. The van der Waals surface area contributed by atoms with Crippen LogP contribution in [0.5, 0.6) is 0 Å². The van der Waals surface area contributed by atoms with Gasteiger partial charge < -0.3 is 20.1 Å². The minimum Gasteiger partial charge on any atom is -0.394 e. The maximum atomic E-state index is 13.3. The Morgan fingerprint density at radius 1 is 1.19 bits per heavy atom. The van der Waals surface area contributed by atoms with Crippen molar-refractivity contribution in [1.82, 2.24) is 9.88 Å². The smallest absolute Gasteiger partial charge is 0.255 e. The number of carbonyl (C=O) groups excluding carboxylic acids is 2. The van der Waals surface area contributed by atoms with Crippen molar-refractivity contribution < 1.29 is 23.8 Å². The Hall–Kier alpha value is -3.62. The number of nitrogens with one attached hydrogen (secondary N) is 1. The molecule has 0 spiro atoms. The number of hydrogen-bond acceptors (Lipinski definition) is 5. The van der Waals surface area contributed by atoms with Gasteiger partial charge in [0.15, 0.2) is 0 Å². The van der Waals surface area contributed by atoms with Gasteiger partial charge in [-0.3, -0.25) is 14.6 Å². The van der Waals surface area contributed by atoms with Gasteiger partial charge in [0.1, 0.15) is 18.5 Å². The van der Waals surface area contributed by atoms with Crippen LogP contribution < -0.4 is 5.32 Å². The van der Waals surface area contributed by atoms with Crippen LogP contribution in [0.1, 0.15) is 27.6 Å². The van der Waals surface area contributed by atoms with E-state index in [4.69, 9.17) is 4.74 Å². The number of aliphatic hydroxyl groups is 1. The molecular weight excluding hydrogens is 413 g/mol. The molecule has 2 heterocycles. The molecule has 0 aliphatic carbocycles. The van der Waals surface area contributed by atoms with E-state index >= 15 is 0 Å². The third-order valence-electron chi connectivity index (χ3n) is 5.30. The molecule has 0 bridgehead atoms. The van der Waals surface area contributed by atoms with E-state index in [0.29, 0.717) is 12.2 Å². The Morgan fingerprint density at radius 3 is 2.69 bits per heavy atom. The minimum absolute atomic E-state index is 0.0977. The summed E-state index contributed by atoms with van der Waals surface area (Å²) in [5, 5.41) is 12.8. The van der Waals surface area contributed by atoms with Crippen molar-refractivity contribution in [1.29, 1.82) is 0 Å². The van der Waals surface area contributed by atoms with Gasteiger partial charge >= 0.3 is 0 Å². The molecule has 2 amide bonds. The zero-order valence-electron chi connectivity index (χ0n) is 17.1. The fourth-order valence-electron chi connectivity index (χ4n) is 3.70. The summed E-state index contributed by atoms with van der Waals surface area (Å²) < 4.78 is 19.1. The summed E-state index contributed by atoms with van der Waals surface area (Å²) in [4.78, 5) is 30.5. The number of amides is 2. The van der Waals surface area contributed by atoms with Crippen molar-refractivity contribution in [2.75, 3.05) is 18.5 Å². The first-order chi connectivity index (χ1) is 15.5. The maximum absolute atomic E-state index is 13.3. The summed E-state index contributed by atoms with van der Waals surface area (Å²) in [5.74, 6) is -1.11. The lowest BCUT2D eigenvalue weighted by Crippen LogP contribution is -2.52. The van der Waals surface area contributed by atoms with E-state index in [-0.39, 0.29) is 24.7 Å². The van der Waals surface area contributed by atoms with Crippen LogP contribution in [0.2, 0.25) is 0 Å². The maximum Gasteiger partial charge on any atom is 0.255 e. The number of carbonyl (C=O) groups is 2. The molecule has 1 saturated heterocycles. The standard InChI is InChI=1S/C24H22FN3O4/c25-19-5-1-4-18(11-19)24(31)27-20-8-6-17(7-9-20)23-21(14-29)28(22(30)15-32-23)13-16-3-2-10-26-12-16/h1-12,21,23,29H,13-15H2,(H,27,31)/t21-,23-/m1/s1. The molecule has 32 heavy (non-hydrogen) atoms. The van der Waals surface area contributed by atoms with Gasteiger partial charge in [0.25, 0.3) is 5.91 Å². The predicted octanol–water partition coefficient (Wildman–Crippen LogP) is 2.93. The Bertz CT molecular complexity index is 1090. The molecule has 2 aromatic carbocycles. The van der Waals surface area contributed by atoms with Gasteiger partial charge in [0.05, 0.1) is 12.6 Å². The monoisotopic (exact) mass is 435 g/mol. The summed E-state index contributed by atoms with van der Waals surface area (Å²) in [5.41, 5.74) is 2.36. The number of aromatic nitrogens is 1. The Balaban J connectivity index is 1.48. The quantitative estimate of drug-likeness (QED) is 0.621. The SMILES string of the molecule is O=C(Nc1ccc([C@H]2OCC(=O)N(Cc3cccnc3)[C@@H]2CO)cc1)c1cccc(F)c1. The molecule has 1 aliphatic heterocycles. The van der Waals surface area contributed by atoms with Crippen molar-refractivity contribution in [3.05, 3.63) is 95.6 Å².